The summed E-state index contributed by atoms with van der Waals surface area (Å²) in [6, 6.07) is 12.5. The van der Waals surface area contributed by atoms with Crippen LogP contribution in [0.3, 0.4) is 0 Å². The van der Waals surface area contributed by atoms with Crippen LogP contribution in [-0.2, 0) is 12.8 Å². The van der Waals surface area contributed by atoms with Crippen molar-refractivity contribution in [1.29, 1.82) is 0 Å². The van der Waals surface area contributed by atoms with Gasteiger partial charge in [-0.1, -0.05) is 26.5 Å². The zero-order chi connectivity index (χ0) is 23.6. The molecule has 3 aromatic rings. The predicted molar refractivity (Wildman–Crippen MR) is 141 cm³/mol. The minimum atomic E-state index is -0.880. The maximum Gasteiger partial charge on any atom is 0.157 e. The van der Waals surface area contributed by atoms with Crippen molar-refractivity contribution in [2.45, 2.75) is 50.5 Å². The van der Waals surface area contributed by atoms with Crippen LogP contribution in [0.2, 0.25) is 0 Å². The maximum absolute atomic E-state index is 9.98. The van der Waals surface area contributed by atoms with E-state index in [1.54, 1.807) is 43.1 Å². The number of thiazole rings is 1. The van der Waals surface area contributed by atoms with Crippen molar-refractivity contribution in [3.8, 4) is 5.75 Å². The van der Waals surface area contributed by atoms with Gasteiger partial charge < -0.3 is 14.7 Å². The average molecular weight is 480 g/mol. The van der Waals surface area contributed by atoms with Gasteiger partial charge in [-0.15, -0.1) is 11.3 Å². The third-order valence-corrected chi connectivity index (χ3v) is 7.39. The van der Waals surface area contributed by atoms with Gasteiger partial charge in [-0.2, -0.15) is 0 Å². The highest BCUT2D eigenvalue weighted by Crippen LogP contribution is 2.36. The quantitative estimate of drug-likeness (QED) is 0.415. The summed E-state index contributed by atoms with van der Waals surface area (Å²) in [7, 11) is 0. The number of fused-ring (bicyclic) bond motifs is 1. The molecule has 0 amide bonds. The van der Waals surface area contributed by atoms with Crippen LogP contribution in [0.4, 0.5) is 5.69 Å². The molecule has 172 valence electrons. The molecule has 0 atom stereocenters. The van der Waals surface area contributed by atoms with Crippen LogP contribution >= 0.6 is 23.1 Å². The molecule has 1 aromatic heterocycles. The molecular formula is C26H29N3O2S2. The van der Waals surface area contributed by atoms with Crippen LogP contribution in [0.15, 0.2) is 70.4 Å². The molecule has 0 spiro atoms. The van der Waals surface area contributed by atoms with Crippen LogP contribution in [0.1, 0.15) is 38.8 Å². The first-order valence-electron chi connectivity index (χ1n) is 11.1. The molecule has 0 bridgehead atoms. The number of hydrogen-bond donors (Lipinski definition) is 1. The second kappa shape index (κ2) is 9.71. The zero-order valence-electron chi connectivity index (χ0n) is 19.5. The summed E-state index contributed by atoms with van der Waals surface area (Å²) < 4.78 is 8.00. The van der Waals surface area contributed by atoms with E-state index in [0.717, 1.165) is 50.4 Å². The first kappa shape index (κ1) is 23.5. The number of aliphatic imine (C=N–C) groups is 1. The fourth-order valence-corrected chi connectivity index (χ4v) is 5.44. The van der Waals surface area contributed by atoms with Gasteiger partial charge in [0.1, 0.15) is 17.4 Å². The largest absolute Gasteiger partial charge is 0.490 e. The lowest BCUT2D eigenvalue weighted by atomic mass is 10.1. The lowest BCUT2D eigenvalue weighted by Gasteiger charge is -2.27. The highest BCUT2D eigenvalue weighted by Gasteiger charge is 2.21. The Bertz CT molecular complexity index is 1240. The first-order valence-corrected chi connectivity index (χ1v) is 12.7. The molecule has 33 heavy (non-hydrogen) atoms. The van der Waals surface area contributed by atoms with Gasteiger partial charge in [0.05, 0.1) is 21.5 Å². The molecule has 2 aromatic carbocycles. The number of ether oxygens (including phenoxy) is 1. The zero-order valence-corrected chi connectivity index (χ0v) is 21.1. The van der Waals surface area contributed by atoms with E-state index in [1.165, 1.54) is 10.3 Å². The molecule has 2 heterocycles. The van der Waals surface area contributed by atoms with Gasteiger partial charge in [-0.3, -0.25) is 0 Å². The van der Waals surface area contributed by atoms with Crippen LogP contribution in [0, 0.1) is 0 Å². The Hall–Kier alpha value is -2.61. The topological polar surface area (TPSA) is 58.0 Å². The second-order valence-corrected chi connectivity index (χ2v) is 10.8. The molecule has 0 unspecified atom stereocenters. The van der Waals surface area contributed by atoms with Gasteiger partial charge in [0.15, 0.2) is 4.34 Å². The summed E-state index contributed by atoms with van der Waals surface area (Å²) in [6.45, 7) is 12.3. The van der Waals surface area contributed by atoms with E-state index < -0.39 is 5.60 Å². The Morgan fingerprint density at radius 2 is 1.97 bits per heavy atom. The van der Waals surface area contributed by atoms with Gasteiger partial charge in [0.2, 0.25) is 0 Å². The molecule has 4 rings (SSSR count). The number of aryl methyl sites for hydroxylation is 2. The fraction of sp³-hybridized carbons (Fsp3) is 0.308. The smallest absolute Gasteiger partial charge is 0.157 e. The monoisotopic (exact) mass is 479 g/mol. The molecule has 0 radical (unpaired) electrons. The molecule has 0 aliphatic carbocycles. The number of aliphatic hydroxyl groups is 1. The molecule has 0 saturated carbocycles. The third-order valence-electron chi connectivity index (χ3n) is 5.25. The summed E-state index contributed by atoms with van der Waals surface area (Å²) >= 11 is 3.22. The average Bonchev–Trinajstić information content (AvgIpc) is 3.20. The Morgan fingerprint density at radius 3 is 2.70 bits per heavy atom. The van der Waals surface area contributed by atoms with Crippen LogP contribution in [0.5, 0.6) is 5.75 Å². The SMILES string of the molecule is C=C1C(Sc2nc3cc(CC)ccc3s2)=NC=CN1c1ccc(OCC(C)(C)O)c(CC)c1. The number of nitrogens with zero attached hydrogens (tertiary/aromatic N) is 3. The van der Waals surface area contributed by atoms with Gasteiger partial charge in [0, 0.05) is 18.1 Å². The Kier molecular flexibility index (Phi) is 6.93. The van der Waals surface area contributed by atoms with E-state index in [9.17, 15) is 5.11 Å². The van der Waals surface area contributed by atoms with Crippen molar-refractivity contribution < 1.29 is 9.84 Å². The van der Waals surface area contributed by atoms with Gasteiger partial charge in [-0.05, 0) is 79.9 Å². The molecule has 1 aliphatic heterocycles. The van der Waals surface area contributed by atoms with Crippen LogP contribution < -0.4 is 9.64 Å². The fourth-order valence-electron chi connectivity index (χ4n) is 3.45. The summed E-state index contributed by atoms with van der Waals surface area (Å²) in [4.78, 5) is 11.4. The molecular weight excluding hydrogens is 450 g/mol. The van der Waals surface area contributed by atoms with Gasteiger partial charge in [0.25, 0.3) is 0 Å². The number of hydrogen-bond acceptors (Lipinski definition) is 7. The van der Waals surface area contributed by atoms with Crippen molar-refractivity contribution in [2.75, 3.05) is 11.5 Å². The summed E-state index contributed by atoms with van der Waals surface area (Å²) in [5.74, 6) is 0.791. The molecule has 0 fully saturated rings. The number of thioether (sulfide) groups is 1. The van der Waals surface area contributed by atoms with E-state index in [-0.39, 0.29) is 6.61 Å². The molecule has 1 N–H and O–H groups in total. The number of anilines is 1. The third kappa shape index (κ3) is 5.49. The maximum atomic E-state index is 9.98. The van der Waals surface area contributed by atoms with Crippen molar-refractivity contribution in [1.82, 2.24) is 4.98 Å². The van der Waals surface area contributed by atoms with Crippen LogP contribution in [-0.4, -0.2) is 27.3 Å². The standard InChI is InChI=1S/C26H29N3O2S2/c1-6-18-8-11-23-21(14-18)28-25(32-23)33-24-17(3)29(13-12-27-24)20-9-10-22(19(7-2)15-20)31-16-26(4,5)30/h8-15,30H,3,6-7,16H2,1-2,4-5H3. The Labute approximate surface area is 203 Å². The summed E-state index contributed by atoms with van der Waals surface area (Å²) in [5.41, 5.74) is 4.32. The second-order valence-electron chi connectivity index (χ2n) is 8.53. The molecule has 7 heteroatoms. The molecule has 0 saturated heterocycles. The lowest BCUT2D eigenvalue weighted by molar-refractivity contribution is 0.0282. The number of benzene rings is 2. The lowest BCUT2D eigenvalue weighted by Crippen LogP contribution is -2.28. The highest BCUT2D eigenvalue weighted by molar-refractivity contribution is 8.15. The van der Waals surface area contributed by atoms with E-state index in [2.05, 4.69) is 49.7 Å². The van der Waals surface area contributed by atoms with Crippen molar-refractivity contribution >= 4 is 44.0 Å². The van der Waals surface area contributed by atoms with Gasteiger partial charge in [-0.25, -0.2) is 9.98 Å². The first-order chi connectivity index (χ1) is 15.8. The molecule has 1 aliphatic rings. The van der Waals surface area contributed by atoms with Crippen molar-refractivity contribution in [2.24, 2.45) is 4.99 Å². The van der Waals surface area contributed by atoms with E-state index in [4.69, 9.17) is 9.72 Å². The minimum Gasteiger partial charge on any atom is -0.490 e. The van der Waals surface area contributed by atoms with E-state index >= 15 is 0 Å². The van der Waals surface area contributed by atoms with E-state index in [1.807, 2.05) is 23.2 Å². The number of rotatable bonds is 7. The summed E-state index contributed by atoms with van der Waals surface area (Å²) in [5, 5.41) is 10.8. The Morgan fingerprint density at radius 1 is 1.15 bits per heavy atom. The van der Waals surface area contributed by atoms with Crippen molar-refractivity contribution in [3.63, 3.8) is 0 Å². The van der Waals surface area contributed by atoms with Crippen molar-refractivity contribution in [3.05, 3.63) is 72.2 Å². The van der Waals surface area contributed by atoms with E-state index in [0.29, 0.717) is 0 Å². The number of aromatic nitrogens is 1. The van der Waals surface area contributed by atoms with Gasteiger partial charge >= 0.3 is 0 Å². The summed E-state index contributed by atoms with van der Waals surface area (Å²) in [6.07, 6.45) is 5.54. The van der Waals surface area contributed by atoms with Crippen LogP contribution in [0.25, 0.3) is 10.2 Å². The minimum absolute atomic E-state index is 0.241. The molecule has 5 nitrogen and oxygen atoms in total. The highest BCUT2D eigenvalue weighted by atomic mass is 32.2. The normalized spacial score (nSPS) is 14.2. The Balaban J connectivity index is 1.52. The predicted octanol–water partition coefficient (Wildman–Crippen LogP) is 6.57.